The van der Waals surface area contributed by atoms with Crippen molar-refractivity contribution in [2.24, 2.45) is 11.8 Å². The largest absolute Gasteiger partial charge is 0.481 e. The lowest BCUT2D eigenvalue weighted by Crippen LogP contribution is -2.31. The molecule has 0 heterocycles. The summed E-state index contributed by atoms with van der Waals surface area (Å²) in [7, 11) is 0. The van der Waals surface area contributed by atoms with Crippen LogP contribution in [0.15, 0.2) is 0 Å². The van der Waals surface area contributed by atoms with Gasteiger partial charge in [0.15, 0.2) is 0 Å². The predicted molar refractivity (Wildman–Crippen MR) is 42.3 cm³/mol. The van der Waals surface area contributed by atoms with E-state index in [-0.39, 0.29) is 5.92 Å². The molecule has 0 aliphatic heterocycles. The Morgan fingerprint density at radius 1 is 1.45 bits per heavy atom. The Bertz CT molecular complexity index is 131. The molecule has 0 fully saturated rings. The van der Waals surface area contributed by atoms with Crippen molar-refractivity contribution in [1.82, 2.24) is 0 Å². The SMILES string of the molecule is CC[C@H](C(=O)O)[C@@H](O)C(C)C. The molecule has 3 nitrogen and oxygen atoms in total. The first-order valence-electron chi connectivity index (χ1n) is 3.91. The molecule has 0 radical (unpaired) electrons. The van der Waals surface area contributed by atoms with E-state index in [9.17, 15) is 9.90 Å². The molecule has 0 aliphatic carbocycles. The molecular formula is C8H16O3. The molecule has 0 spiro atoms. The van der Waals surface area contributed by atoms with Crippen LogP contribution in [0.5, 0.6) is 0 Å². The van der Waals surface area contributed by atoms with Crippen molar-refractivity contribution >= 4 is 5.97 Å². The van der Waals surface area contributed by atoms with Crippen molar-refractivity contribution in [2.75, 3.05) is 0 Å². The summed E-state index contributed by atoms with van der Waals surface area (Å²) in [5.41, 5.74) is 0. The maximum Gasteiger partial charge on any atom is 0.309 e. The Balaban J connectivity index is 4.14. The van der Waals surface area contributed by atoms with Crippen LogP contribution in [0.1, 0.15) is 27.2 Å². The highest BCUT2D eigenvalue weighted by Crippen LogP contribution is 2.15. The third-order valence-corrected chi connectivity index (χ3v) is 1.85. The Morgan fingerprint density at radius 2 is 1.91 bits per heavy atom. The van der Waals surface area contributed by atoms with Gasteiger partial charge in [0.05, 0.1) is 12.0 Å². The first-order valence-corrected chi connectivity index (χ1v) is 3.91. The zero-order chi connectivity index (χ0) is 9.02. The fourth-order valence-corrected chi connectivity index (χ4v) is 1.03. The standard InChI is InChI=1S/C8H16O3/c1-4-6(8(10)11)7(9)5(2)3/h5-7,9H,4H2,1-3H3,(H,10,11)/t6-,7-/m0/s1. The third kappa shape index (κ3) is 2.89. The summed E-state index contributed by atoms with van der Waals surface area (Å²) in [6, 6.07) is 0. The van der Waals surface area contributed by atoms with Crippen LogP contribution < -0.4 is 0 Å². The highest BCUT2D eigenvalue weighted by atomic mass is 16.4. The van der Waals surface area contributed by atoms with Crippen LogP contribution in [0.25, 0.3) is 0 Å². The van der Waals surface area contributed by atoms with Gasteiger partial charge in [-0.05, 0) is 12.3 Å². The number of carboxylic acids is 1. The topological polar surface area (TPSA) is 57.5 Å². The minimum Gasteiger partial charge on any atom is -0.481 e. The van der Waals surface area contributed by atoms with Gasteiger partial charge in [0.25, 0.3) is 0 Å². The Labute approximate surface area is 67.0 Å². The maximum atomic E-state index is 10.5. The molecule has 2 N–H and O–H groups in total. The van der Waals surface area contributed by atoms with Gasteiger partial charge in [0.1, 0.15) is 0 Å². The Hall–Kier alpha value is -0.570. The number of hydrogen-bond acceptors (Lipinski definition) is 2. The lowest BCUT2D eigenvalue weighted by atomic mass is 9.91. The minimum atomic E-state index is -0.909. The fourth-order valence-electron chi connectivity index (χ4n) is 1.03. The molecule has 3 heteroatoms. The van der Waals surface area contributed by atoms with Crippen LogP contribution in [0.2, 0.25) is 0 Å². The summed E-state index contributed by atoms with van der Waals surface area (Å²) >= 11 is 0. The van der Waals surface area contributed by atoms with Gasteiger partial charge in [-0.3, -0.25) is 4.79 Å². The van der Waals surface area contributed by atoms with Crippen molar-refractivity contribution in [3.63, 3.8) is 0 Å². The second-order valence-electron chi connectivity index (χ2n) is 3.09. The fraction of sp³-hybridized carbons (Fsp3) is 0.875. The number of aliphatic hydroxyl groups is 1. The van der Waals surface area contributed by atoms with E-state index in [1.165, 1.54) is 0 Å². The van der Waals surface area contributed by atoms with E-state index in [1.807, 2.05) is 13.8 Å². The van der Waals surface area contributed by atoms with Crippen LogP contribution in [0, 0.1) is 11.8 Å². The molecule has 0 amide bonds. The van der Waals surface area contributed by atoms with Crippen LogP contribution >= 0.6 is 0 Å². The average molecular weight is 160 g/mol. The van der Waals surface area contributed by atoms with Gasteiger partial charge in [0.2, 0.25) is 0 Å². The molecule has 0 aromatic heterocycles. The van der Waals surface area contributed by atoms with Crippen LogP contribution in [-0.2, 0) is 4.79 Å². The Morgan fingerprint density at radius 3 is 2.00 bits per heavy atom. The van der Waals surface area contributed by atoms with Gasteiger partial charge >= 0.3 is 5.97 Å². The molecule has 0 aromatic carbocycles. The molecule has 0 saturated heterocycles. The van der Waals surface area contributed by atoms with E-state index < -0.39 is 18.0 Å². The number of aliphatic hydroxyl groups excluding tert-OH is 1. The minimum absolute atomic E-state index is 0.0102. The van der Waals surface area contributed by atoms with Crippen molar-refractivity contribution in [1.29, 1.82) is 0 Å². The van der Waals surface area contributed by atoms with Crippen molar-refractivity contribution in [3.05, 3.63) is 0 Å². The van der Waals surface area contributed by atoms with Gasteiger partial charge < -0.3 is 10.2 Å². The van der Waals surface area contributed by atoms with Crippen LogP contribution in [0.3, 0.4) is 0 Å². The smallest absolute Gasteiger partial charge is 0.309 e. The van der Waals surface area contributed by atoms with Crippen molar-refractivity contribution in [2.45, 2.75) is 33.3 Å². The summed E-state index contributed by atoms with van der Waals surface area (Å²) in [5, 5.41) is 18.0. The van der Waals surface area contributed by atoms with E-state index in [0.717, 1.165) is 0 Å². The molecule has 66 valence electrons. The van der Waals surface area contributed by atoms with E-state index >= 15 is 0 Å². The molecule has 0 rings (SSSR count). The Kier molecular flexibility index (Phi) is 4.11. The molecule has 11 heavy (non-hydrogen) atoms. The van der Waals surface area contributed by atoms with E-state index in [4.69, 9.17) is 5.11 Å². The zero-order valence-electron chi connectivity index (χ0n) is 7.24. The number of carbonyl (C=O) groups is 1. The maximum absolute atomic E-state index is 10.5. The van der Waals surface area contributed by atoms with Gasteiger partial charge in [-0.1, -0.05) is 20.8 Å². The summed E-state index contributed by atoms with van der Waals surface area (Å²) in [6.45, 7) is 5.40. The molecule has 0 bridgehead atoms. The molecular weight excluding hydrogens is 144 g/mol. The summed E-state index contributed by atoms with van der Waals surface area (Å²) < 4.78 is 0. The number of aliphatic carboxylic acids is 1. The highest BCUT2D eigenvalue weighted by Gasteiger charge is 2.26. The second kappa shape index (κ2) is 4.34. The number of carboxylic acid groups (broad SMARTS) is 1. The first kappa shape index (κ1) is 10.4. The summed E-state index contributed by atoms with van der Waals surface area (Å²) in [5.74, 6) is -1.51. The third-order valence-electron chi connectivity index (χ3n) is 1.85. The summed E-state index contributed by atoms with van der Waals surface area (Å²) in [4.78, 5) is 10.5. The average Bonchev–Trinajstić information content (AvgIpc) is 1.88. The lowest BCUT2D eigenvalue weighted by molar-refractivity contribution is -0.147. The normalized spacial score (nSPS) is 16.5. The van der Waals surface area contributed by atoms with Crippen LogP contribution in [0.4, 0.5) is 0 Å². The van der Waals surface area contributed by atoms with Gasteiger partial charge in [0, 0.05) is 0 Å². The monoisotopic (exact) mass is 160 g/mol. The van der Waals surface area contributed by atoms with E-state index in [2.05, 4.69) is 0 Å². The molecule has 0 aliphatic rings. The summed E-state index contributed by atoms with van der Waals surface area (Å²) in [6.07, 6.45) is -0.244. The second-order valence-corrected chi connectivity index (χ2v) is 3.09. The van der Waals surface area contributed by atoms with Crippen molar-refractivity contribution < 1.29 is 15.0 Å². The highest BCUT2D eigenvalue weighted by molar-refractivity contribution is 5.70. The zero-order valence-corrected chi connectivity index (χ0v) is 7.24. The van der Waals surface area contributed by atoms with Gasteiger partial charge in [-0.25, -0.2) is 0 Å². The van der Waals surface area contributed by atoms with Crippen molar-refractivity contribution in [3.8, 4) is 0 Å². The lowest BCUT2D eigenvalue weighted by Gasteiger charge is -2.20. The molecule has 0 aromatic rings. The number of rotatable bonds is 4. The number of hydrogen-bond donors (Lipinski definition) is 2. The van der Waals surface area contributed by atoms with E-state index in [0.29, 0.717) is 6.42 Å². The molecule has 0 unspecified atom stereocenters. The molecule has 2 atom stereocenters. The quantitative estimate of drug-likeness (QED) is 0.647. The predicted octanol–water partition coefficient (Wildman–Crippen LogP) is 1.11. The molecule has 0 saturated carbocycles. The van der Waals surface area contributed by atoms with Gasteiger partial charge in [-0.15, -0.1) is 0 Å². The van der Waals surface area contributed by atoms with Crippen LogP contribution in [-0.4, -0.2) is 22.3 Å². The van der Waals surface area contributed by atoms with Gasteiger partial charge in [-0.2, -0.15) is 0 Å². The van der Waals surface area contributed by atoms with E-state index in [1.54, 1.807) is 6.92 Å². The first-order chi connectivity index (χ1) is 5.00.